The predicted octanol–water partition coefficient (Wildman–Crippen LogP) is 3.97. The highest BCUT2D eigenvalue weighted by Gasteiger charge is 2.23. The number of nitrogens with one attached hydrogen (secondary N) is 1. The molecule has 0 spiro atoms. The number of anilines is 1. The Morgan fingerprint density at radius 1 is 1.25 bits per heavy atom. The third-order valence-corrected chi connectivity index (χ3v) is 3.64. The summed E-state index contributed by atoms with van der Waals surface area (Å²) in [6.45, 7) is 2.87. The summed E-state index contributed by atoms with van der Waals surface area (Å²) in [7, 11) is 0. The fourth-order valence-corrected chi connectivity index (χ4v) is 2.66. The lowest BCUT2D eigenvalue weighted by Crippen LogP contribution is -2.10. The van der Waals surface area contributed by atoms with Crippen molar-refractivity contribution in [3.63, 3.8) is 0 Å². The molecule has 3 rings (SSSR count). The number of pyridine rings is 1. The quantitative estimate of drug-likeness (QED) is 0.891. The van der Waals surface area contributed by atoms with E-state index in [0.717, 1.165) is 37.3 Å². The maximum absolute atomic E-state index is 5.80. The smallest absolute Gasteiger partial charge is 0.142 e. The molecule has 1 aromatic heterocycles. The third kappa shape index (κ3) is 2.62. The number of benzene rings is 1. The van der Waals surface area contributed by atoms with Gasteiger partial charge in [0.1, 0.15) is 5.75 Å². The fourth-order valence-electron chi connectivity index (χ4n) is 2.66. The van der Waals surface area contributed by atoms with Crippen LogP contribution in [0.4, 0.5) is 5.69 Å². The van der Waals surface area contributed by atoms with Crippen LogP contribution in [0.15, 0.2) is 42.6 Å². The van der Waals surface area contributed by atoms with E-state index in [4.69, 9.17) is 4.74 Å². The Bertz CT molecular complexity index is 583. The van der Waals surface area contributed by atoms with Gasteiger partial charge in [0, 0.05) is 6.20 Å². The molecule has 0 radical (unpaired) electrons. The zero-order valence-electron chi connectivity index (χ0n) is 11.8. The van der Waals surface area contributed by atoms with Gasteiger partial charge in [0.25, 0.3) is 0 Å². The molecule has 0 bridgehead atoms. The molecule has 3 nitrogen and oxygen atoms in total. The normalized spacial score (nSPS) is 16.8. The Labute approximate surface area is 120 Å². The number of hydrogen-bond donors (Lipinski definition) is 1. The molecule has 104 valence electrons. The molecule has 0 saturated heterocycles. The van der Waals surface area contributed by atoms with E-state index in [1.807, 2.05) is 30.5 Å². The number of para-hydroxylation sites is 2. The third-order valence-electron chi connectivity index (χ3n) is 3.64. The summed E-state index contributed by atoms with van der Waals surface area (Å²) in [5.41, 5.74) is 3.60. The average Bonchev–Trinajstić information content (AvgIpc) is 2.90. The fraction of sp³-hybridized carbons (Fsp3) is 0.353. The minimum atomic E-state index is 0.289. The molecule has 1 aliphatic rings. The summed E-state index contributed by atoms with van der Waals surface area (Å²) in [6, 6.07) is 12.6. The van der Waals surface area contributed by atoms with Crippen LogP contribution >= 0.6 is 0 Å². The highest BCUT2D eigenvalue weighted by atomic mass is 16.5. The van der Waals surface area contributed by atoms with E-state index in [9.17, 15) is 0 Å². The SMILES string of the molecule is CCCOc1ccccc1NC1CCc2cccnc21. The van der Waals surface area contributed by atoms with Crippen molar-refractivity contribution in [1.82, 2.24) is 4.98 Å². The van der Waals surface area contributed by atoms with Gasteiger partial charge >= 0.3 is 0 Å². The van der Waals surface area contributed by atoms with Crippen LogP contribution in [-0.2, 0) is 6.42 Å². The van der Waals surface area contributed by atoms with Gasteiger partial charge in [-0.2, -0.15) is 0 Å². The Morgan fingerprint density at radius 3 is 3.05 bits per heavy atom. The summed E-state index contributed by atoms with van der Waals surface area (Å²) in [6.07, 6.45) is 5.08. The number of hydrogen-bond acceptors (Lipinski definition) is 3. The number of aromatic nitrogens is 1. The van der Waals surface area contributed by atoms with Crippen LogP contribution in [0.25, 0.3) is 0 Å². The van der Waals surface area contributed by atoms with Crippen LogP contribution in [0.2, 0.25) is 0 Å². The van der Waals surface area contributed by atoms with Gasteiger partial charge in [0.2, 0.25) is 0 Å². The molecule has 2 aromatic rings. The van der Waals surface area contributed by atoms with Crippen molar-refractivity contribution in [2.75, 3.05) is 11.9 Å². The van der Waals surface area contributed by atoms with Gasteiger partial charge in [-0.1, -0.05) is 25.1 Å². The van der Waals surface area contributed by atoms with Crippen molar-refractivity contribution >= 4 is 5.69 Å². The summed E-state index contributed by atoms with van der Waals surface area (Å²) >= 11 is 0. The van der Waals surface area contributed by atoms with Gasteiger partial charge in [-0.3, -0.25) is 4.98 Å². The van der Waals surface area contributed by atoms with Crippen LogP contribution < -0.4 is 10.1 Å². The lowest BCUT2D eigenvalue weighted by molar-refractivity contribution is 0.318. The minimum absolute atomic E-state index is 0.289. The molecule has 1 N–H and O–H groups in total. The van der Waals surface area contributed by atoms with Gasteiger partial charge < -0.3 is 10.1 Å². The highest BCUT2D eigenvalue weighted by Crippen LogP contribution is 2.35. The first-order valence-electron chi connectivity index (χ1n) is 7.30. The zero-order valence-corrected chi connectivity index (χ0v) is 11.8. The minimum Gasteiger partial charge on any atom is -0.491 e. The van der Waals surface area contributed by atoms with E-state index in [2.05, 4.69) is 29.4 Å². The summed E-state index contributed by atoms with van der Waals surface area (Å²) in [5, 5.41) is 3.59. The van der Waals surface area contributed by atoms with E-state index in [0.29, 0.717) is 0 Å². The zero-order chi connectivity index (χ0) is 13.8. The molecular weight excluding hydrogens is 248 g/mol. The van der Waals surface area contributed by atoms with E-state index in [1.165, 1.54) is 11.3 Å². The standard InChI is InChI=1S/C17H20N2O/c1-2-12-20-16-8-4-3-7-14(16)19-15-10-9-13-6-5-11-18-17(13)15/h3-8,11,15,19H,2,9-10,12H2,1H3. The Hall–Kier alpha value is -2.03. The number of rotatable bonds is 5. The Balaban J connectivity index is 1.79. The van der Waals surface area contributed by atoms with E-state index in [1.54, 1.807) is 0 Å². The van der Waals surface area contributed by atoms with Gasteiger partial charge in [-0.05, 0) is 43.0 Å². The molecule has 0 fully saturated rings. The van der Waals surface area contributed by atoms with Gasteiger partial charge in [0.15, 0.2) is 0 Å². The summed E-state index contributed by atoms with van der Waals surface area (Å²) in [4.78, 5) is 4.53. The maximum Gasteiger partial charge on any atom is 0.142 e. The van der Waals surface area contributed by atoms with Crippen LogP contribution in [0.3, 0.4) is 0 Å². The van der Waals surface area contributed by atoms with Gasteiger partial charge in [-0.25, -0.2) is 0 Å². The summed E-state index contributed by atoms with van der Waals surface area (Å²) in [5.74, 6) is 0.929. The maximum atomic E-state index is 5.80. The van der Waals surface area contributed by atoms with Crippen molar-refractivity contribution in [3.05, 3.63) is 53.9 Å². The molecule has 1 aromatic carbocycles. The predicted molar refractivity (Wildman–Crippen MR) is 81.1 cm³/mol. The second-order valence-electron chi connectivity index (χ2n) is 5.13. The van der Waals surface area contributed by atoms with Gasteiger partial charge in [0.05, 0.1) is 24.0 Å². The van der Waals surface area contributed by atoms with Crippen molar-refractivity contribution < 1.29 is 4.74 Å². The second kappa shape index (κ2) is 5.95. The molecule has 0 saturated carbocycles. The van der Waals surface area contributed by atoms with Crippen molar-refractivity contribution in [3.8, 4) is 5.75 Å². The van der Waals surface area contributed by atoms with Crippen LogP contribution in [0.5, 0.6) is 5.75 Å². The second-order valence-corrected chi connectivity index (χ2v) is 5.13. The number of ether oxygens (including phenoxy) is 1. The average molecular weight is 268 g/mol. The van der Waals surface area contributed by atoms with Crippen molar-refractivity contribution in [2.24, 2.45) is 0 Å². The van der Waals surface area contributed by atoms with Crippen molar-refractivity contribution in [1.29, 1.82) is 0 Å². The first-order chi connectivity index (χ1) is 9.88. The van der Waals surface area contributed by atoms with Crippen molar-refractivity contribution in [2.45, 2.75) is 32.2 Å². The molecule has 20 heavy (non-hydrogen) atoms. The number of aryl methyl sites for hydroxylation is 1. The molecular formula is C17H20N2O. The molecule has 1 aliphatic carbocycles. The highest BCUT2D eigenvalue weighted by molar-refractivity contribution is 5.57. The molecule has 3 heteroatoms. The van der Waals surface area contributed by atoms with Crippen LogP contribution in [0.1, 0.15) is 37.1 Å². The lowest BCUT2D eigenvalue weighted by atomic mass is 10.2. The first kappa shape index (κ1) is 13.0. The molecule has 0 amide bonds. The molecule has 1 heterocycles. The van der Waals surface area contributed by atoms with E-state index >= 15 is 0 Å². The monoisotopic (exact) mass is 268 g/mol. The number of nitrogens with zero attached hydrogens (tertiary/aromatic N) is 1. The molecule has 0 aliphatic heterocycles. The van der Waals surface area contributed by atoms with Crippen LogP contribution in [0, 0.1) is 0 Å². The molecule has 1 unspecified atom stereocenters. The summed E-state index contributed by atoms with van der Waals surface area (Å²) < 4.78 is 5.80. The van der Waals surface area contributed by atoms with E-state index < -0.39 is 0 Å². The lowest BCUT2D eigenvalue weighted by Gasteiger charge is -2.17. The topological polar surface area (TPSA) is 34.1 Å². The number of fused-ring (bicyclic) bond motifs is 1. The molecule has 1 atom stereocenters. The Morgan fingerprint density at radius 2 is 2.15 bits per heavy atom. The largest absolute Gasteiger partial charge is 0.491 e. The van der Waals surface area contributed by atoms with E-state index in [-0.39, 0.29) is 6.04 Å². The van der Waals surface area contributed by atoms with Crippen LogP contribution in [-0.4, -0.2) is 11.6 Å². The first-order valence-corrected chi connectivity index (χ1v) is 7.30. The Kier molecular flexibility index (Phi) is 3.86. The van der Waals surface area contributed by atoms with Gasteiger partial charge in [-0.15, -0.1) is 0 Å².